The third-order valence-corrected chi connectivity index (χ3v) is 1.66. The molecule has 0 amide bonds. The van der Waals surface area contributed by atoms with E-state index in [9.17, 15) is 5.11 Å². The van der Waals surface area contributed by atoms with Crippen LogP contribution in [-0.2, 0) is 4.74 Å². The number of nitrogens with one attached hydrogen (secondary N) is 1. The first-order chi connectivity index (χ1) is 4.75. The van der Waals surface area contributed by atoms with Gasteiger partial charge in [0.25, 0.3) is 0 Å². The van der Waals surface area contributed by atoms with Crippen molar-refractivity contribution in [2.45, 2.75) is 18.3 Å². The smallest absolute Gasteiger partial charge is 0.109 e. The van der Waals surface area contributed by atoms with Gasteiger partial charge in [-0.1, -0.05) is 0 Å². The Morgan fingerprint density at radius 2 is 2.30 bits per heavy atom. The van der Waals surface area contributed by atoms with Gasteiger partial charge in [0, 0.05) is 6.54 Å². The van der Waals surface area contributed by atoms with Crippen LogP contribution < -0.4 is 5.32 Å². The van der Waals surface area contributed by atoms with Gasteiger partial charge in [-0.15, -0.1) is 0 Å². The van der Waals surface area contributed by atoms with Crippen molar-refractivity contribution in [2.24, 2.45) is 0 Å². The average Bonchev–Trinajstić information content (AvgIpc) is 2.20. The van der Waals surface area contributed by atoms with Gasteiger partial charge in [0.1, 0.15) is 12.2 Å². The summed E-state index contributed by atoms with van der Waals surface area (Å²) in [6.07, 6.45) is -1.69. The molecule has 0 aromatic carbocycles. The maximum Gasteiger partial charge on any atom is 0.109 e. The SMILES string of the molecule is CNC[C@H]1OC[C@H](O)[C@@H]1O. The highest BCUT2D eigenvalue weighted by molar-refractivity contribution is 4.83. The van der Waals surface area contributed by atoms with E-state index in [0.717, 1.165) is 0 Å². The molecule has 1 rings (SSSR count). The molecule has 60 valence electrons. The fourth-order valence-corrected chi connectivity index (χ4v) is 1.05. The third kappa shape index (κ3) is 1.46. The Bertz CT molecular complexity index is 107. The summed E-state index contributed by atoms with van der Waals surface area (Å²) in [7, 11) is 1.78. The van der Waals surface area contributed by atoms with Crippen LogP contribution in [0.25, 0.3) is 0 Å². The second kappa shape index (κ2) is 3.30. The van der Waals surface area contributed by atoms with Crippen molar-refractivity contribution >= 4 is 0 Å². The van der Waals surface area contributed by atoms with E-state index < -0.39 is 12.2 Å². The Balaban J connectivity index is 2.33. The van der Waals surface area contributed by atoms with E-state index in [0.29, 0.717) is 6.54 Å². The third-order valence-electron chi connectivity index (χ3n) is 1.66. The van der Waals surface area contributed by atoms with Crippen LogP contribution in [0, 0.1) is 0 Å². The summed E-state index contributed by atoms with van der Waals surface area (Å²) in [6, 6.07) is 0. The number of hydrogen-bond donors (Lipinski definition) is 3. The number of hydrogen-bond acceptors (Lipinski definition) is 4. The lowest BCUT2D eigenvalue weighted by molar-refractivity contribution is 0.0246. The molecule has 0 aromatic heterocycles. The van der Waals surface area contributed by atoms with Gasteiger partial charge in [0.05, 0.1) is 12.7 Å². The minimum Gasteiger partial charge on any atom is -0.388 e. The lowest BCUT2D eigenvalue weighted by Crippen LogP contribution is -2.36. The molecule has 1 aliphatic heterocycles. The first kappa shape index (κ1) is 7.94. The molecule has 4 heteroatoms. The summed E-state index contributed by atoms with van der Waals surface area (Å²) < 4.78 is 5.06. The van der Waals surface area contributed by atoms with Gasteiger partial charge in [0.2, 0.25) is 0 Å². The number of aliphatic hydroxyl groups excluding tert-OH is 2. The van der Waals surface area contributed by atoms with Crippen LogP contribution in [0.5, 0.6) is 0 Å². The quantitative estimate of drug-likeness (QED) is 0.437. The predicted octanol–water partition coefficient (Wildman–Crippen LogP) is -1.67. The molecule has 0 saturated carbocycles. The highest BCUT2D eigenvalue weighted by atomic mass is 16.5. The first-order valence-electron chi connectivity index (χ1n) is 3.38. The minimum absolute atomic E-state index is 0.244. The molecular formula is C6H13NO3. The lowest BCUT2D eigenvalue weighted by atomic mass is 10.1. The van der Waals surface area contributed by atoms with Crippen molar-refractivity contribution in [3.63, 3.8) is 0 Å². The number of rotatable bonds is 2. The van der Waals surface area contributed by atoms with Gasteiger partial charge < -0.3 is 20.3 Å². The highest BCUT2D eigenvalue weighted by Gasteiger charge is 2.33. The summed E-state index contributed by atoms with van der Waals surface area (Å²) in [5, 5.41) is 21.0. The average molecular weight is 147 g/mol. The maximum atomic E-state index is 9.17. The Labute approximate surface area is 59.8 Å². The molecule has 1 aliphatic rings. The number of likely N-dealkylation sites (N-methyl/N-ethyl adjacent to an activating group) is 1. The zero-order chi connectivity index (χ0) is 7.56. The monoisotopic (exact) mass is 147 g/mol. The Morgan fingerprint density at radius 1 is 1.60 bits per heavy atom. The lowest BCUT2D eigenvalue weighted by Gasteiger charge is -2.13. The van der Waals surface area contributed by atoms with E-state index in [1.807, 2.05) is 0 Å². The Kier molecular flexibility index (Phi) is 2.62. The molecule has 0 aliphatic carbocycles. The largest absolute Gasteiger partial charge is 0.388 e. The van der Waals surface area contributed by atoms with Crippen molar-refractivity contribution in [1.29, 1.82) is 0 Å². The molecule has 0 unspecified atom stereocenters. The predicted molar refractivity (Wildman–Crippen MR) is 35.7 cm³/mol. The van der Waals surface area contributed by atoms with Crippen LogP contribution in [0.15, 0.2) is 0 Å². The molecule has 0 radical (unpaired) electrons. The second-order valence-corrected chi connectivity index (χ2v) is 2.49. The summed E-state index contributed by atoms with van der Waals surface area (Å²) in [5.41, 5.74) is 0. The summed E-state index contributed by atoms with van der Waals surface area (Å²) in [5.74, 6) is 0. The molecule has 1 fully saturated rings. The normalized spacial score (nSPS) is 40.5. The zero-order valence-corrected chi connectivity index (χ0v) is 5.95. The van der Waals surface area contributed by atoms with Crippen molar-refractivity contribution in [1.82, 2.24) is 5.32 Å². The second-order valence-electron chi connectivity index (χ2n) is 2.49. The molecule has 1 saturated heterocycles. The van der Waals surface area contributed by atoms with E-state index in [1.165, 1.54) is 0 Å². The number of aliphatic hydroxyl groups is 2. The van der Waals surface area contributed by atoms with Gasteiger partial charge in [-0.25, -0.2) is 0 Å². The van der Waals surface area contributed by atoms with E-state index in [2.05, 4.69) is 5.32 Å². The van der Waals surface area contributed by atoms with Crippen LogP contribution in [0.2, 0.25) is 0 Å². The van der Waals surface area contributed by atoms with Crippen LogP contribution >= 0.6 is 0 Å². The van der Waals surface area contributed by atoms with Gasteiger partial charge >= 0.3 is 0 Å². The molecule has 0 spiro atoms. The van der Waals surface area contributed by atoms with Gasteiger partial charge in [-0.2, -0.15) is 0 Å². The van der Waals surface area contributed by atoms with Crippen LogP contribution in [0.4, 0.5) is 0 Å². The fourth-order valence-electron chi connectivity index (χ4n) is 1.05. The van der Waals surface area contributed by atoms with Gasteiger partial charge in [-0.3, -0.25) is 0 Å². The minimum atomic E-state index is -0.729. The summed E-state index contributed by atoms with van der Waals surface area (Å²) >= 11 is 0. The summed E-state index contributed by atoms with van der Waals surface area (Å²) in [6.45, 7) is 0.825. The van der Waals surface area contributed by atoms with Gasteiger partial charge in [0.15, 0.2) is 0 Å². The van der Waals surface area contributed by atoms with Crippen molar-refractivity contribution in [3.8, 4) is 0 Å². The Hall–Kier alpha value is -0.160. The molecule has 3 N–H and O–H groups in total. The molecule has 4 nitrogen and oxygen atoms in total. The van der Waals surface area contributed by atoms with Gasteiger partial charge in [-0.05, 0) is 7.05 Å². The van der Waals surface area contributed by atoms with E-state index >= 15 is 0 Å². The molecular weight excluding hydrogens is 134 g/mol. The molecule has 0 aromatic rings. The molecule has 1 heterocycles. The number of ether oxygens (including phenoxy) is 1. The van der Waals surface area contributed by atoms with Crippen LogP contribution in [0.3, 0.4) is 0 Å². The fraction of sp³-hybridized carbons (Fsp3) is 1.00. The standard InChI is InChI=1S/C6H13NO3/c1-7-2-5-6(9)4(8)3-10-5/h4-9H,2-3H2,1H3/t4-,5+,6-/m0/s1. The molecule has 10 heavy (non-hydrogen) atoms. The maximum absolute atomic E-state index is 9.17. The Morgan fingerprint density at radius 3 is 2.70 bits per heavy atom. The first-order valence-corrected chi connectivity index (χ1v) is 3.38. The van der Waals surface area contributed by atoms with Crippen molar-refractivity contribution < 1.29 is 14.9 Å². The van der Waals surface area contributed by atoms with E-state index in [1.54, 1.807) is 7.05 Å². The molecule has 0 bridgehead atoms. The van der Waals surface area contributed by atoms with Crippen molar-refractivity contribution in [2.75, 3.05) is 20.2 Å². The van der Waals surface area contributed by atoms with Crippen molar-refractivity contribution in [3.05, 3.63) is 0 Å². The van der Waals surface area contributed by atoms with E-state index in [-0.39, 0.29) is 12.7 Å². The molecule has 3 atom stereocenters. The zero-order valence-electron chi connectivity index (χ0n) is 5.95. The van der Waals surface area contributed by atoms with E-state index in [4.69, 9.17) is 9.84 Å². The summed E-state index contributed by atoms with van der Waals surface area (Å²) in [4.78, 5) is 0. The van der Waals surface area contributed by atoms with Crippen LogP contribution in [0.1, 0.15) is 0 Å². The van der Waals surface area contributed by atoms with Crippen LogP contribution in [-0.4, -0.2) is 48.7 Å². The highest BCUT2D eigenvalue weighted by Crippen LogP contribution is 2.12. The topological polar surface area (TPSA) is 61.7 Å².